The quantitative estimate of drug-likeness (QED) is 0.274. The molecular formula is C19H22N4O5S. The number of aromatic nitrogens is 1. The van der Waals surface area contributed by atoms with Gasteiger partial charge in [-0.15, -0.1) is 0 Å². The molecule has 0 radical (unpaired) electrons. The standard InChI is InChI=1S/C19H22N4O5S/c24-19(25)22-11-15(21-28-12-14-4-2-1-3-5-14)6-7-17(22)13-29-18-9-8-16(10-20-18)23(26)27/h1-5,8-10,13,15,17,21,29H,6-7,11-12H2,(H,24,25)/t15-,17+/m1/s1. The summed E-state index contributed by atoms with van der Waals surface area (Å²) in [4.78, 5) is 32.8. The van der Waals surface area contributed by atoms with E-state index in [1.807, 2.05) is 35.7 Å². The number of amides is 1. The molecule has 0 spiro atoms. The van der Waals surface area contributed by atoms with Crippen LogP contribution in [-0.4, -0.2) is 50.0 Å². The number of hydrogen-bond acceptors (Lipinski definition) is 6. The molecular weight excluding hydrogens is 396 g/mol. The number of nitrogens with zero attached hydrogens (tertiary/aromatic N) is 3. The SMILES string of the molecule is O=C(O)N1C[C@H](NOCc2ccccc2)CC[C@H]1C=[SH]c1ccc([N+](=O)[O-])cn1. The third kappa shape index (κ3) is 6.08. The molecule has 0 aliphatic carbocycles. The van der Waals surface area contributed by atoms with E-state index >= 15 is 0 Å². The highest BCUT2D eigenvalue weighted by Gasteiger charge is 2.30. The van der Waals surface area contributed by atoms with E-state index in [4.69, 9.17) is 4.84 Å². The van der Waals surface area contributed by atoms with Gasteiger partial charge in [0.05, 0.1) is 28.6 Å². The van der Waals surface area contributed by atoms with E-state index in [2.05, 4.69) is 10.5 Å². The minimum absolute atomic E-state index is 0.0711. The fraction of sp³-hybridized carbons (Fsp3) is 0.316. The van der Waals surface area contributed by atoms with E-state index in [1.54, 1.807) is 6.07 Å². The molecule has 10 heteroatoms. The van der Waals surface area contributed by atoms with Crippen molar-refractivity contribution in [2.75, 3.05) is 6.54 Å². The van der Waals surface area contributed by atoms with Gasteiger partial charge in [-0.05, 0) is 29.8 Å². The number of nitro groups is 1. The van der Waals surface area contributed by atoms with Crippen molar-refractivity contribution in [1.29, 1.82) is 0 Å². The first kappa shape index (κ1) is 20.9. The Kier molecular flexibility index (Phi) is 7.28. The normalized spacial score (nSPS) is 19.7. The number of pyridine rings is 1. The number of nitrogens with one attached hydrogen (secondary N) is 1. The van der Waals surface area contributed by atoms with Crippen LogP contribution >= 0.6 is 11.4 Å². The van der Waals surface area contributed by atoms with Crippen molar-refractivity contribution >= 4 is 28.5 Å². The van der Waals surface area contributed by atoms with Crippen LogP contribution in [0.4, 0.5) is 10.5 Å². The third-order valence-corrected chi connectivity index (χ3v) is 5.55. The molecule has 2 N–H and O–H groups in total. The molecule has 154 valence electrons. The van der Waals surface area contributed by atoms with Crippen molar-refractivity contribution in [1.82, 2.24) is 15.4 Å². The molecule has 29 heavy (non-hydrogen) atoms. The molecule has 2 heterocycles. The molecule has 1 aliphatic rings. The largest absolute Gasteiger partial charge is 0.465 e. The maximum absolute atomic E-state index is 11.7. The van der Waals surface area contributed by atoms with Crippen LogP contribution in [0.1, 0.15) is 18.4 Å². The smallest absolute Gasteiger partial charge is 0.407 e. The number of thiol groups is 1. The van der Waals surface area contributed by atoms with Gasteiger partial charge in [0, 0.05) is 12.6 Å². The van der Waals surface area contributed by atoms with Gasteiger partial charge >= 0.3 is 6.09 Å². The van der Waals surface area contributed by atoms with Gasteiger partial charge in [-0.25, -0.2) is 9.78 Å². The van der Waals surface area contributed by atoms with Crippen LogP contribution in [0.2, 0.25) is 0 Å². The van der Waals surface area contributed by atoms with Crippen LogP contribution in [0.5, 0.6) is 0 Å². The average molecular weight is 418 g/mol. The number of rotatable bonds is 7. The maximum Gasteiger partial charge on any atom is 0.407 e. The highest BCUT2D eigenvalue weighted by atomic mass is 32.1. The van der Waals surface area contributed by atoms with Gasteiger partial charge in [0.1, 0.15) is 6.20 Å². The minimum atomic E-state index is -0.993. The highest BCUT2D eigenvalue weighted by molar-refractivity contribution is 7.97. The van der Waals surface area contributed by atoms with Gasteiger partial charge in [0.2, 0.25) is 0 Å². The van der Waals surface area contributed by atoms with Crippen LogP contribution in [-0.2, 0) is 11.4 Å². The molecule has 1 aromatic carbocycles. The Hall–Kier alpha value is -2.82. The number of likely N-dealkylation sites (tertiary alicyclic amines) is 1. The molecule has 1 fully saturated rings. The lowest BCUT2D eigenvalue weighted by molar-refractivity contribution is -0.385. The van der Waals surface area contributed by atoms with Gasteiger partial charge in [-0.3, -0.25) is 19.9 Å². The summed E-state index contributed by atoms with van der Waals surface area (Å²) in [6.07, 6.45) is 1.63. The number of benzene rings is 1. The lowest BCUT2D eigenvalue weighted by Gasteiger charge is -2.36. The fourth-order valence-corrected chi connectivity index (χ4v) is 3.92. The zero-order valence-electron chi connectivity index (χ0n) is 15.5. The van der Waals surface area contributed by atoms with Gasteiger partial charge < -0.3 is 5.11 Å². The number of hydroxylamine groups is 1. The summed E-state index contributed by atoms with van der Waals surface area (Å²) in [5, 5.41) is 22.8. The molecule has 0 unspecified atom stereocenters. The van der Waals surface area contributed by atoms with E-state index in [1.165, 1.54) is 17.2 Å². The summed E-state index contributed by atoms with van der Waals surface area (Å²) < 4.78 is 0. The zero-order chi connectivity index (χ0) is 20.6. The average Bonchev–Trinajstić information content (AvgIpc) is 2.73. The Morgan fingerprint density at radius 3 is 2.79 bits per heavy atom. The molecule has 0 bridgehead atoms. The van der Waals surface area contributed by atoms with Crippen LogP contribution in [0.25, 0.3) is 0 Å². The maximum atomic E-state index is 11.7. The van der Waals surface area contributed by atoms with Crippen molar-refractivity contribution in [3.8, 4) is 0 Å². The minimum Gasteiger partial charge on any atom is -0.465 e. The summed E-state index contributed by atoms with van der Waals surface area (Å²) in [6.45, 7) is 0.721. The molecule has 9 nitrogen and oxygen atoms in total. The summed E-state index contributed by atoms with van der Waals surface area (Å²) in [7, 11) is 0. The lowest BCUT2D eigenvalue weighted by atomic mass is 10.0. The molecule has 1 aliphatic heterocycles. The Labute approximate surface area is 171 Å². The topological polar surface area (TPSA) is 118 Å². The summed E-state index contributed by atoms with van der Waals surface area (Å²) in [6, 6.07) is 12.4. The van der Waals surface area contributed by atoms with E-state index in [-0.39, 0.29) is 17.8 Å². The number of carboxylic acid groups (broad SMARTS) is 1. The van der Waals surface area contributed by atoms with E-state index in [9.17, 15) is 20.0 Å². The number of hydrogen-bond donors (Lipinski definition) is 3. The highest BCUT2D eigenvalue weighted by Crippen LogP contribution is 2.20. The van der Waals surface area contributed by atoms with E-state index in [0.717, 1.165) is 12.0 Å². The van der Waals surface area contributed by atoms with Gasteiger partial charge in [0.25, 0.3) is 5.69 Å². The number of piperidine rings is 1. The molecule has 3 rings (SSSR count). The Morgan fingerprint density at radius 2 is 2.14 bits per heavy atom. The molecule has 1 amide bonds. The zero-order valence-corrected chi connectivity index (χ0v) is 16.4. The van der Waals surface area contributed by atoms with Crippen LogP contribution in [0, 0.1) is 10.1 Å². The van der Waals surface area contributed by atoms with E-state index in [0.29, 0.717) is 35.9 Å². The number of carbonyl (C=O) groups is 1. The Balaban J connectivity index is 1.54. The molecule has 1 aromatic heterocycles. The summed E-state index contributed by atoms with van der Waals surface area (Å²) in [5.74, 6) is 0. The Morgan fingerprint density at radius 1 is 1.34 bits per heavy atom. The second-order valence-corrected chi connectivity index (χ2v) is 7.59. The van der Waals surface area contributed by atoms with Crippen molar-refractivity contribution in [3.05, 3.63) is 64.3 Å². The summed E-state index contributed by atoms with van der Waals surface area (Å²) in [5.41, 5.74) is 3.93. The van der Waals surface area contributed by atoms with E-state index < -0.39 is 11.0 Å². The van der Waals surface area contributed by atoms with Crippen LogP contribution in [0.3, 0.4) is 0 Å². The lowest BCUT2D eigenvalue weighted by Crippen LogP contribution is -2.52. The second-order valence-electron chi connectivity index (χ2n) is 6.58. The predicted octanol–water partition coefficient (Wildman–Crippen LogP) is 2.85. The van der Waals surface area contributed by atoms with Crippen molar-refractivity contribution in [2.24, 2.45) is 0 Å². The van der Waals surface area contributed by atoms with Crippen LogP contribution in [0.15, 0.2) is 53.7 Å². The first-order valence-corrected chi connectivity index (χ1v) is 10.0. The second kappa shape index (κ2) is 10.1. The van der Waals surface area contributed by atoms with Crippen molar-refractivity contribution < 1.29 is 19.7 Å². The summed E-state index contributed by atoms with van der Waals surface area (Å²) >= 11 is 0.716. The van der Waals surface area contributed by atoms with Crippen molar-refractivity contribution in [3.63, 3.8) is 0 Å². The molecule has 2 aromatic rings. The molecule has 2 atom stereocenters. The molecule has 0 saturated carbocycles. The predicted molar refractivity (Wildman–Crippen MR) is 110 cm³/mol. The van der Waals surface area contributed by atoms with Gasteiger partial charge in [-0.2, -0.15) is 16.8 Å². The van der Waals surface area contributed by atoms with Crippen LogP contribution < -0.4 is 5.48 Å². The molecule has 1 saturated heterocycles. The van der Waals surface area contributed by atoms with Gasteiger partial charge in [-0.1, -0.05) is 30.3 Å². The Bertz CT molecular complexity index is 863. The van der Waals surface area contributed by atoms with Crippen molar-refractivity contribution in [2.45, 2.75) is 36.6 Å². The first-order valence-electron chi connectivity index (χ1n) is 9.08. The first-order chi connectivity index (χ1) is 14.0. The van der Waals surface area contributed by atoms with Gasteiger partial charge in [0.15, 0.2) is 0 Å². The third-order valence-electron chi connectivity index (χ3n) is 4.53. The fourth-order valence-electron chi connectivity index (χ4n) is 3.01. The monoisotopic (exact) mass is 418 g/mol.